The first kappa shape index (κ1) is 13.6. The van der Waals surface area contributed by atoms with Gasteiger partial charge in [0.05, 0.1) is 6.07 Å². The Labute approximate surface area is 116 Å². The molecule has 2 aromatic heterocycles. The Morgan fingerprint density at radius 3 is 3.00 bits per heavy atom. The molecule has 0 aliphatic heterocycles. The van der Waals surface area contributed by atoms with Gasteiger partial charge in [-0.3, -0.25) is 4.98 Å². The minimum Gasteiger partial charge on any atom is -0.305 e. The summed E-state index contributed by atoms with van der Waals surface area (Å²) in [5.74, 6) is 1.79. The summed E-state index contributed by atoms with van der Waals surface area (Å²) in [5.41, 5.74) is 0.967. The van der Waals surface area contributed by atoms with E-state index in [9.17, 15) is 0 Å². The van der Waals surface area contributed by atoms with E-state index in [-0.39, 0.29) is 0 Å². The number of rotatable bonds is 6. The van der Waals surface area contributed by atoms with Crippen molar-refractivity contribution >= 4 is 11.8 Å². The van der Waals surface area contributed by atoms with Gasteiger partial charge in [0, 0.05) is 37.2 Å². The molecule has 2 aromatic rings. The van der Waals surface area contributed by atoms with E-state index in [1.165, 1.54) is 0 Å². The van der Waals surface area contributed by atoms with Crippen LogP contribution in [0.3, 0.4) is 0 Å². The molecule has 0 amide bonds. The van der Waals surface area contributed by atoms with E-state index in [0.29, 0.717) is 6.42 Å². The van der Waals surface area contributed by atoms with Gasteiger partial charge in [-0.2, -0.15) is 5.26 Å². The molecule has 0 unspecified atom stereocenters. The second-order valence-electron chi connectivity index (χ2n) is 4.07. The normalized spacial score (nSPS) is 10.3. The molecule has 0 bridgehead atoms. The van der Waals surface area contributed by atoms with Crippen LogP contribution in [0.4, 0.5) is 0 Å². The van der Waals surface area contributed by atoms with Crippen LogP contribution >= 0.6 is 11.8 Å². The van der Waals surface area contributed by atoms with Crippen molar-refractivity contribution in [2.45, 2.75) is 24.4 Å². The molecule has 0 spiro atoms. The van der Waals surface area contributed by atoms with Crippen LogP contribution in [-0.2, 0) is 7.05 Å². The first-order valence-electron chi connectivity index (χ1n) is 6.12. The first-order chi connectivity index (χ1) is 9.33. The number of hydrogen-bond acceptors (Lipinski definition) is 5. The largest absolute Gasteiger partial charge is 0.305 e. The van der Waals surface area contributed by atoms with Gasteiger partial charge < -0.3 is 4.57 Å². The maximum absolute atomic E-state index is 8.47. The Kier molecular flexibility index (Phi) is 4.93. The van der Waals surface area contributed by atoms with E-state index in [1.807, 2.05) is 23.7 Å². The molecule has 6 heteroatoms. The Hall–Kier alpha value is -1.87. The van der Waals surface area contributed by atoms with Crippen LogP contribution < -0.4 is 0 Å². The average Bonchev–Trinajstić information content (AvgIpc) is 2.81. The van der Waals surface area contributed by atoms with Crippen molar-refractivity contribution in [3.8, 4) is 17.5 Å². The molecule has 0 saturated carbocycles. The smallest absolute Gasteiger partial charge is 0.191 e. The maximum Gasteiger partial charge on any atom is 0.191 e. The molecule has 0 aliphatic carbocycles. The SMILES string of the molecule is Cn1c(SCCCCC#N)nnc1-c1cccnc1. The lowest BCUT2D eigenvalue weighted by atomic mass is 10.3. The molecule has 0 aromatic carbocycles. The van der Waals surface area contributed by atoms with Gasteiger partial charge in [-0.25, -0.2) is 0 Å². The number of pyridine rings is 1. The molecule has 0 radical (unpaired) electrons. The molecule has 98 valence electrons. The summed E-state index contributed by atoms with van der Waals surface area (Å²) in [4.78, 5) is 4.09. The molecule has 5 nitrogen and oxygen atoms in total. The fraction of sp³-hybridized carbons (Fsp3) is 0.385. The molecule has 0 N–H and O–H groups in total. The van der Waals surface area contributed by atoms with E-state index in [1.54, 1.807) is 24.2 Å². The quantitative estimate of drug-likeness (QED) is 0.598. The van der Waals surface area contributed by atoms with Gasteiger partial charge in [-0.05, 0) is 25.0 Å². The summed E-state index contributed by atoms with van der Waals surface area (Å²) in [6.07, 6.45) is 6.11. The second kappa shape index (κ2) is 6.90. The highest BCUT2D eigenvalue weighted by Crippen LogP contribution is 2.22. The van der Waals surface area contributed by atoms with Crippen molar-refractivity contribution in [2.24, 2.45) is 7.05 Å². The van der Waals surface area contributed by atoms with E-state index < -0.39 is 0 Å². The van der Waals surface area contributed by atoms with Crippen molar-refractivity contribution in [3.63, 3.8) is 0 Å². The first-order valence-corrected chi connectivity index (χ1v) is 7.11. The van der Waals surface area contributed by atoms with Crippen molar-refractivity contribution in [1.82, 2.24) is 19.7 Å². The zero-order valence-electron chi connectivity index (χ0n) is 10.8. The molecule has 2 rings (SSSR count). The standard InChI is InChI=1S/C13H15N5S/c1-18-12(11-6-5-8-15-10-11)16-17-13(18)19-9-4-2-3-7-14/h5-6,8,10H,2-4,9H2,1H3. The lowest BCUT2D eigenvalue weighted by Gasteiger charge is -2.03. The lowest BCUT2D eigenvalue weighted by molar-refractivity contribution is 0.785. The lowest BCUT2D eigenvalue weighted by Crippen LogP contribution is -1.95. The summed E-state index contributed by atoms with van der Waals surface area (Å²) >= 11 is 1.67. The van der Waals surface area contributed by atoms with Crippen LogP contribution in [0, 0.1) is 11.3 Å². The van der Waals surface area contributed by atoms with E-state index >= 15 is 0 Å². The summed E-state index contributed by atoms with van der Waals surface area (Å²) < 4.78 is 1.98. The predicted octanol–water partition coefficient (Wildman–Crippen LogP) is 2.66. The van der Waals surface area contributed by atoms with Gasteiger partial charge in [0.25, 0.3) is 0 Å². The Balaban J connectivity index is 1.97. The Morgan fingerprint density at radius 2 is 2.26 bits per heavy atom. The van der Waals surface area contributed by atoms with Gasteiger partial charge in [-0.15, -0.1) is 10.2 Å². The molecule has 0 aliphatic rings. The highest BCUT2D eigenvalue weighted by atomic mass is 32.2. The van der Waals surface area contributed by atoms with Gasteiger partial charge in [0.1, 0.15) is 0 Å². The third-order valence-corrected chi connectivity index (χ3v) is 3.78. The number of aromatic nitrogens is 4. The fourth-order valence-electron chi connectivity index (χ4n) is 1.66. The zero-order valence-corrected chi connectivity index (χ0v) is 11.6. The number of hydrogen-bond donors (Lipinski definition) is 0. The highest BCUT2D eigenvalue weighted by Gasteiger charge is 2.10. The van der Waals surface area contributed by atoms with Gasteiger partial charge in [0.2, 0.25) is 0 Å². The van der Waals surface area contributed by atoms with Crippen molar-refractivity contribution in [2.75, 3.05) is 5.75 Å². The van der Waals surface area contributed by atoms with Crippen LogP contribution in [0.1, 0.15) is 19.3 Å². The topological polar surface area (TPSA) is 67.4 Å². The van der Waals surface area contributed by atoms with Crippen molar-refractivity contribution in [3.05, 3.63) is 24.5 Å². The van der Waals surface area contributed by atoms with Crippen LogP contribution in [0.15, 0.2) is 29.7 Å². The minimum absolute atomic E-state index is 0.625. The molecular formula is C13H15N5S. The molecule has 2 heterocycles. The minimum atomic E-state index is 0.625. The van der Waals surface area contributed by atoms with Crippen molar-refractivity contribution < 1.29 is 0 Å². The van der Waals surface area contributed by atoms with E-state index in [0.717, 1.165) is 35.1 Å². The molecule has 0 fully saturated rings. The van der Waals surface area contributed by atoms with Crippen molar-refractivity contribution in [1.29, 1.82) is 5.26 Å². The molecule has 19 heavy (non-hydrogen) atoms. The third-order valence-electron chi connectivity index (χ3n) is 2.67. The number of thioether (sulfide) groups is 1. The summed E-state index contributed by atoms with van der Waals surface area (Å²) in [7, 11) is 1.96. The average molecular weight is 273 g/mol. The van der Waals surface area contributed by atoms with E-state index in [4.69, 9.17) is 5.26 Å². The van der Waals surface area contributed by atoms with Crippen LogP contribution in [0.5, 0.6) is 0 Å². The number of unbranched alkanes of at least 4 members (excludes halogenated alkanes) is 2. The monoisotopic (exact) mass is 273 g/mol. The van der Waals surface area contributed by atoms with Gasteiger partial charge in [-0.1, -0.05) is 11.8 Å². The molecule has 0 atom stereocenters. The van der Waals surface area contributed by atoms with Crippen LogP contribution in [-0.4, -0.2) is 25.5 Å². The predicted molar refractivity (Wildman–Crippen MR) is 74.4 cm³/mol. The number of nitrogens with zero attached hydrogens (tertiary/aromatic N) is 5. The molecule has 0 saturated heterocycles. The fourth-order valence-corrected chi connectivity index (χ4v) is 2.57. The molecular weight excluding hydrogens is 258 g/mol. The summed E-state index contributed by atoms with van der Waals surface area (Å²) in [6.45, 7) is 0. The van der Waals surface area contributed by atoms with Gasteiger partial charge >= 0.3 is 0 Å². The van der Waals surface area contributed by atoms with E-state index in [2.05, 4.69) is 21.3 Å². The van der Waals surface area contributed by atoms with Crippen LogP contribution in [0.2, 0.25) is 0 Å². The maximum atomic E-state index is 8.47. The van der Waals surface area contributed by atoms with Crippen LogP contribution in [0.25, 0.3) is 11.4 Å². The number of nitriles is 1. The Bertz CT molecular complexity index is 558. The highest BCUT2D eigenvalue weighted by molar-refractivity contribution is 7.99. The zero-order chi connectivity index (χ0) is 13.5. The Morgan fingerprint density at radius 1 is 1.37 bits per heavy atom. The summed E-state index contributed by atoms with van der Waals surface area (Å²) in [5, 5.41) is 17.8. The van der Waals surface area contributed by atoms with Gasteiger partial charge in [0.15, 0.2) is 11.0 Å². The third kappa shape index (κ3) is 3.55. The summed E-state index contributed by atoms with van der Waals surface area (Å²) in [6, 6.07) is 6.01. The second-order valence-corrected chi connectivity index (χ2v) is 5.13.